The normalized spacial score (nSPS) is 14.3. The molecule has 1 aliphatic heterocycles. The van der Waals surface area contributed by atoms with Crippen LogP contribution in [0, 0.1) is 13.8 Å². The van der Waals surface area contributed by atoms with Crippen molar-refractivity contribution in [2.24, 2.45) is 0 Å². The third-order valence-corrected chi connectivity index (χ3v) is 6.93. The molecular formula is C27H29ClF6N4. The van der Waals surface area contributed by atoms with Crippen LogP contribution in [0.4, 0.5) is 38.0 Å². The molecule has 0 amide bonds. The molecule has 0 bridgehead atoms. The number of benzene rings is 2. The average molecular weight is 559 g/mol. The molecule has 1 aliphatic rings. The van der Waals surface area contributed by atoms with Gasteiger partial charge in [-0.15, -0.1) is 0 Å². The fourth-order valence-corrected chi connectivity index (χ4v) is 5.37. The highest BCUT2D eigenvalue weighted by atomic mass is 35.5. The van der Waals surface area contributed by atoms with Crippen molar-refractivity contribution < 1.29 is 26.3 Å². The Morgan fingerprint density at radius 2 is 1.68 bits per heavy atom. The van der Waals surface area contributed by atoms with Crippen molar-refractivity contribution in [1.29, 1.82) is 0 Å². The molecule has 1 aromatic heterocycles. The predicted molar refractivity (Wildman–Crippen MR) is 136 cm³/mol. The van der Waals surface area contributed by atoms with E-state index in [9.17, 15) is 26.3 Å². The van der Waals surface area contributed by atoms with Crippen molar-refractivity contribution in [3.05, 3.63) is 75.6 Å². The van der Waals surface area contributed by atoms with Crippen LogP contribution in [0.2, 0.25) is 5.02 Å². The molecule has 0 saturated heterocycles. The molecule has 4 rings (SSSR count). The zero-order valence-electron chi connectivity index (χ0n) is 21.1. The lowest BCUT2D eigenvalue weighted by Crippen LogP contribution is -2.33. The SMILES string of the molecule is Cc1cc(C)c(N2CCCn3c2nc(C(F)(F)F)c3CN(CCc2ccccc2)CCC(F)(F)F)c(Cl)c1. The van der Waals surface area contributed by atoms with Crippen LogP contribution in [0.3, 0.4) is 0 Å². The Morgan fingerprint density at radius 3 is 2.32 bits per heavy atom. The van der Waals surface area contributed by atoms with Crippen molar-refractivity contribution in [3.63, 3.8) is 0 Å². The average Bonchev–Trinajstić information content (AvgIpc) is 3.20. The molecular weight excluding hydrogens is 530 g/mol. The lowest BCUT2D eigenvalue weighted by molar-refractivity contribution is -0.143. The highest BCUT2D eigenvalue weighted by Crippen LogP contribution is 2.41. The van der Waals surface area contributed by atoms with Crippen LogP contribution in [-0.2, 0) is 25.7 Å². The van der Waals surface area contributed by atoms with Gasteiger partial charge in [0, 0.05) is 32.7 Å². The number of nitrogens with zero attached hydrogens (tertiary/aromatic N) is 4. The van der Waals surface area contributed by atoms with E-state index >= 15 is 0 Å². The number of alkyl halides is 6. The number of anilines is 2. The molecule has 4 nitrogen and oxygen atoms in total. The molecule has 0 spiro atoms. The van der Waals surface area contributed by atoms with Crippen molar-refractivity contribution >= 4 is 23.2 Å². The molecule has 0 saturated carbocycles. The topological polar surface area (TPSA) is 24.3 Å². The molecule has 206 valence electrons. The molecule has 38 heavy (non-hydrogen) atoms. The maximum absolute atomic E-state index is 14.2. The summed E-state index contributed by atoms with van der Waals surface area (Å²) in [6.45, 7) is 3.86. The number of imidazole rings is 1. The minimum atomic E-state index is -4.77. The summed E-state index contributed by atoms with van der Waals surface area (Å²) in [5.41, 5.74) is 2.00. The van der Waals surface area contributed by atoms with Crippen molar-refractivity contribution in [2.75, 3.05) is 24.5 Å². The summed E-state index contributed by atoms with van der Waals surface area (Å²) in [7, 11) is 0. The highest BCUT2D eigenvalue weighted by Gasteiger charge is 2.41. The van der Waals surface area contributed by atoms with Crippen molar-refractivity contribution in [1.82, 2.24) is 14.5 Å². The molecule has 0 fully saturated rings. The fraction of sp³-hybridized carbons (Fsp3) is 0.444. The third-order valence-electron chi connectivity index (χ3n) is 6.64. The zero-order chi connectivity index (χ0) is 27.7. The van der Waals surface area contributed by atoms with Crippen molar-refractivity contribution in [2.45, 2.75) is 58.6 Å². The van der Waals surface area contributed by atoms with E-state index in [2.05, 4.69) is 4.98 Å². The molecule has 2 aromatic carbocycles. The first-order valence-electron chi connectivity index (χ1n) is 12.4. The van der Waals surface area contributed by atoms with E-state index in [-0.39, 0.29) is 31.3 Å². The number of halogens is 7. The second-order valence-electron chi connectivity index (χ2n) is 9.65. The summed E-state index contributed by atoms with van der Waals surface area (Å²) in [4.78, 5) is 7.14. The summed E-state index contributed by atoms with van der Waals surface area (Å²) in [6, 6.07) is 12.8. The van der Waals surface area contributed by atoms with Crippen LogP contribution >= 0.6 is 11.6 Å². The largest absolute Gasteiger partial charge is 0.435 e. The van der Waals surface area contributed by atoms with Gasteiger partial charge in [0.1, 0.15) is 0 Å². The van der Waals surface area contributed by atoms with Crippen LogP contribution in [-0.4, -0.2) is 40.3 Å². The van der Waals surface area contributed by atoms with Gasteiger partial charge in [-0.05, 0) is 49.4 Å². The predicted octanol–water partition coefficient (Wildman–Crippen LogP) is 7.71. The standard InChI is InChI=1S/C27H29ClF6N4/c1-18-15-19(2)23(21(28)16-18)38-12-6-11-37-22(24(27(32,33)34)35-25(37)38)17-36(14-10-26(29,30)31)13-9-20-7-4-3-5-8-20/h3-5,7-8,15-16H,6,9-14,17H2,1-2H3. The van der Waals surface area contributed by atoms with E-state index < -0.39 is 31.0 Å². The Bertz CT molecular complexity index is 1230. The van der Waals surface area contributed by atoms with Crippen LogP contribution in [0.15, 0.2) is 42.5 Å². The molecule has 0 atom stereocenters. The lowest BCUT2D eigenvalue weighted by Gasteiger charge is -2.32. The number of aryl methyl sites for hydroxylation is 2. The number of hydrogen-bond donors (Lipinski definition) is 0. The highest BCUT2D eigenvalue weighted by molar-refractivity contribution is 6.33. The smallest absolute Gasteiger partial charge is 0.312 e. The minimum absolute atomic E-state index is 0.103. The first kappa shape index (κ1) is 28.3. The van der Waals surface area contributed by atoms with E-state index in [0.29, 0.717) is 30.1 Å². The fourth-order valence-electron chi connectivity index (χ4n) is 4.95. The Kier molecular flexibility index (Phi) is 8.32. The Balaban J connectivity index is 1.72. The van der Waals surface area contributed by atoms with Gasteiger partial charge in [-0.1, -0.05) is 48.0 Å². The van der Waals surface area contributed by atoms with E-state index in [1.54, 1.807) is 11.0 Å². The molecule has 0 N–H and O–H groups in total. The van der Waals surface area contributed by atoms with Gasteiger partial charge >= 0.3 is 12.4 Å². The third kappa shape index (κ3) is 6.64. The van der Waals surface area contributed by atoms with Crippen LogP contribution < -0.4 is 4.90 Å². The zero-order valence-corrected chi connectivity index (χ0v) is 21.9. The quantitative estimate of drug-likeness (QED) is 0.265. The van der Waals surface area contributed by atoms with Crippen LogP contribution in [0.5, 0.6) is 0 Å². The number of hydrogen-bond acceptors (Lipinski definition) is 3. The Hall–Kier alpha value is -2.72. The van der Waals surface area contributed by atoms with E-state index in [0.717, 1.165) is 16.7 Å². The van der Waals surface area contributed by atoms with E-state index in [1.807, 2.05) is 50.2 Å². The molecule has 0 unspecified atom stereocenters. The van der Waals surface area contributed by atoms with Crippen LogP contribution in [0.25, 0.3) is 0 Å². The van der Waals surface area contributed by atoms with Gasteiger partial charge in [0.25, 0.3) is 0 Å². The van der Waals surface area contributed by atoms with Gasteiger partial charge < -0.3 is 9.47 Å². The molecule has 0 radical (unpaired) electrons. The first-order chi connectivity index (χ1) is 17.8. The van der Waals surface area contributed by atoms with Gasteiger partial charge in [-0.2, -0.15) is 26.3 Å². The van der Waals surface area contributed by atoms with Crippen LogP contribution in [0.1, 0.15) is 40.9 Å². The lowest BCUT2D eigenvalue weighted by atomic mass is 10.1. The first-order valence-corrected chi connectivity index (χ1v) is 12.7. The van der Waals surface area contributed by atoms with E-state index in [4.69, 9.17) is 11.6 Å². The minimum Gasteiger partial charge on any atom is -0.312 e. The number of aromatic nitrogens is 2. The van der Waals surface area contributed by atoms with Gasteiger partial charge in [-0.3, -0.25) is 4.90 Å². The second-order valence-corrected chi connectivity index (χ2v) is 10.1. The molecule has 0 aliphatic carbocycles. The maximum atomic E-state index is 14.2. The molecule has 11 heteroatoms. The van der Waals surface area contributed by atoms with Gasteiger partial charge in [0.15, 0.2) is 5.69 Å². The maximum Gasteiger partial charge on any atom is 0.435 e. The molecule has 3 aromatic rings. The summed E-state index contributed by atoms with van der Waals surface area (Å²) in [5, 5.41) is 0.406. The Labute approximate surface area is 222 Å². The van der Waals surface area contributed by atoms with Gasteiger partial charge in [-0.25, -0.2) is 4.98 Å². The monoisotopic (exact) mass is 558 g/mol. The van der Waals surface area contributed by atoms with Crippen molar-refractivity contribution in [3.8, 4) is 0 Å². The second kappa shape index (κ2) is 11.2. The number of fused-ring (bicyclic) bond motifs is 1. The summed E-state index contributed by atoms with van der Waals surface area (Å²) < 4.78 is 83.5. The summed E-state index contributed by atoms with van der Waals surface area (Å²) in [6.07, 6.45) is -9.37. The number of rotatable bonds is 8. The van der Waals surface area contributed by atoms with Gasteiger partial charge in [0.05, 0.1) is 22.8 Å². The van der Waals surface area contributed by atoms with Gasteiger partial charge in [0.2, 0.25) is 5.95 Å². The molecule has 2 heterocycles. The summed E-state index contributed by atoms with van der Waals surface area (Å²) in [5.74, 6) is 0.103. The van der Waals surface area contributed by atoms with E-state index in [1.165, 1.54) is 9.47 Å². The Morgan fingerprint density at radius 1 is 0.974 bits per heavy atom. The summed E-state index contributed by atoms with van der Waals surface area (Å²) >= 11 is 6.52.